The van der Waals surface area contributed by atoms with E-state index in [9.17, 15) is 18.0 Å². The molecule has 0 aliphatic carbocycles. The third-order valence-corrected chi connectivity index (χ3v) is 3.76. The summed E-state index contributed by atoms with van der Waals surface area (Å²) in [5, 5.41) is 2.71. The topological polar surface area (TPSA) is 64.1 Å². The first-order valence-electron chi connectivity index (χ1n) is 7.34. The number of amides is 1. The van der Waals surface area contributed by atoms with Gasteiger partial charge in [0.15, 0.2) is 0 Å². The number of halogens is 3. The van der Waals surface area contributed by atoms with E-state index >= 15 is 0 Å². The molecule has 8 heteroatoms. The molecule has 0 unspecified atom stereocenters. The van der Waals surface area contributed by atoms with Gasteiger partial charge in [-0.1, -0.05) is 18.2 Å². The first-order valence-corrected chi connectivity index (χ1v) is 7.34. The van der Waals surface area contributed by atoms with Crippen molar-refractivity contribution < 1.29 is 22.7 Å². The smallest absolute Gasteiger partial charge is 0.451 e. The molecule has 1 aromatic heterocycles. The molecule has 0 bridgehead atoms. The van der Waals surface area contributed by atoms with Crippen LogP contribution in [0.5, 0.6) is 5.75 Å². The van der Waals surface area contributed by atoms with Crippen LogP contribution in [0.15, 0.2) is 36.7 Å². The zero-order valence-corrected chi connectivity index (χ0v) is 12.5. The van der Waals surface area contributed by atoms with E-state index in [1.54, 1.807) is 0 Å². The highest BCUT2D eigenvalue weighted by Crippen LogP contribution is 2.32. The molecule has 0 fully saturated rings. The zero-order chi connectivity index (χ0) is 17.2. The minimum atomic E-state index is -4.62. The number of hydrogen-bond acceptors (Lipinski definition) is 4. The van der Waals surface area contributed by atoms with Crippen LogP contribution in [0.1, 0.15) is 34.1 Å². The van der Waals surface area contributed by atoms with Gasteiger partial charge in [0.1, 0.15) is 5.75 Å². The summed E-state index contributed by atoms with van der Waals surface area (Å²) in [7, 11) is 0. The lowest BCUT2D eigenvalue weighted by molar-refractivity contribution is -0.145. The maximum Gasteiger partial charge on any atom is 0.451 e. The molecule has 2 heterocycles. The number of ether oxygens (including phenoxy) is 1. The van der Waals surface area contributed by atoms with Crippen LogP contribution < -0.4 is 10.1 Å². The number of hydrogen-bond donors (Lipinski definition) is 1. The van der Waals surface area contributed by atoms with Gasteiger partial charge in [-0.15, -0.1) is 0 Å². The molecule has 1 N–H and O–H groups in total. The van der Waals surface area contributed by atoms with Gasteiger partial charge in [0.2, 0.25) is 5.82 Å². The van der Waals surface area contributed by atoms with Crippen LogP contribution in [0.25, 0.3) is 0 Å². The molecule has 126 valence electrons. The number of nitrogens with zero attached hydrogens (tertiary/aromatic N) is 2. The Labute approximate surface area is 135 Å². The molecule has 0 radical (unpaired) electrons. The van der Waals surface area contributed by atoms with Crippen LogP contribution >= 0.6 is 0 Å². The Morgan fingerprint density at radius 1 is 1.25 bits per heavy atom. The van der Waals surface area contributed by atoms with Crippen molar-refractivity contribution in [2.75, 3.05) is 13.2 Å². The van der Waals surface area contributed by atoms with E-state index in [0.717, 1.165) is 30.1 Å². The lowest BCUT2D eigenvalue weighted by Gasteiger charge is -2.26. The van der Waals surface area contributed by atoms with Crippen molar-refractivity contribution in [2.45, 2.75) is 18.5 Å². The SMILES string of the molecule is O=C(NC[C@H]1CCOc2ccccc21)c1cnc(C(F)(F)F)nc1. The van der Waals surface area contributed by atoms with Gasteiger partial charge in [-0.25, -0.2) is 9.97 Å². The number of para-hydroxylation sites is 1. The van der Waals surface area contributed by atoms with Crippen LogP contribution in [0.2, 0.25) is 0 Å². The molecule has 5 nitrogen and oxygen atoms in total. The third-order valence-electron chi connectivity index (χ3n) is 3.76. The van der Waals surface area contributed by atoms with Crippen LogP contribution in [-0.2, 0) is 6.18 Å². The molecular weight excluding hydrogens is 323 g/mol. The largest absolute Gasteiger partial charge is 0.493 e. The summed E-state index contributed by atoms with van der Waals surface area (Å²) in [6, 6.07) is 7.57. The fourth-order valence-electron chi connectivity index (χ4n) is 2.54. The molecule has 0 saturated carbocycles. The predicted octanol–water partition coefficient (Wildman–Crippen LogP) is 2.79. The van der Waals surface area contributed by atoms with Gasteiger partial charge in [-0.2, -0.15) is 13.2 Å². The summed E-state index contributed by atoms with van der Waals surface area (Å²) in [6.45, 7) is 0.918. The van der Waals surface area contributed by atoms with Crippen LogP contribution in [-0.4, -0.2) is 29.0 Å². The van der Waals surface area contributed by atoms with Gasteiger partial charge in [-0.3, -0.25) is 4.79 Å². The number of benzene rings is 1. The Kier molecular flexibility index (Phi) is 4.37. The average molecular weight is 337 g/mol. The molecule has 1 atom stereocenters. The summed E-state index contributed by atoms with van der Waals surface area (Å²) in [6.07, 6.45) is -2.12. The second-order valence-corrected chi connectivity index (χ2v) is 5.38. The minimum absolute atomic E-state index is 0.0108. The molecule has 1 aliphatic heterocycles. The maximum absolute atomic E-state index is 12.4. The third kappa shape index (κ3) is 3.47. The molecule has 3 rings (SSSR count). The van der Waals surface area contributed by atoms with E-state index < -0.39 is 17.9 Å². The lowest BCUT2D eigenvalue weighted by Crippen LogP contribution is -2.31. The lowest BCUT2D eigenvalue weighted by atomic mass is 9.93. The molecule has 1 amide bonds. The number of alkyl halides is 3. The predicted molar refractivity (Wildman–Crippen MR) is 78.7 cm³/mol. The van der Waals surface area contributed by atoms with E-state index in [1.165, 1.54) is 0 Å². The van der Waals surface area contributed by atoms with Crippen molar-refractivity contribution in [3.63, 3.8) is 0 Å². The Balaban J connectivity index is 1.64. The number of rotatable bonds is 3. The molecule has 24 heavy (non-hydrogen) atoms. The van der Waals surface area contributed by atoms with E-state index in [0.29, 0.717) is 13.2 Å². The standard InChI is InChI=1S/C16H14F3N3O2/c17-16(18,19)15-21-8-11(9-22-15)14(23)20-7-10-5-6-24-13-4-2-1-3-12(10)13/h1-4,8-10H,5-7H2,(H,20,23)/t10-/m1/s1. The molecule has 1 aromatic carbocycles. The fraction of sp³-hybridized carbons (Fsp3) is 0.312. The highest BCUT2D eigenvalue weighted by atomic mass is 19.4. The van der Waals surface area contributed by atoms with Crippen LogP contribution in [0.3, 0.4) is 0 Å². The molecule has 1 aliphatic rings. The molecule has 0 spiro atoms. The summed E-state index contributed by atoms with van der Waals surface area (Å²) in [4.78, 5) is 18.4. The number of carbonyl (C=O) groups is 1. The van der Waals surface area contributed by atoms with Crippen molar-refractivity contribution in [1.82, 2.24) is 15.3 Å². The minimum Gasteiger partial charge on any atom is -0.493 e. The molecule has 0 saturated heterocycles. The zero-order valence-electron chi connectivity index (χ0n) is 12.5. The van der Waals surface area contributed by atoms with E-state index in [2.05, 4.69) is 15.3 Å². The van der Waals surface area contributed by atoms with Gasteiger partial charge >= 0.3 is 6.18 Å². The number of nitrogens with one attached hydrogen (secondary N) is 1. The van der Waals surface area contributed by atoms with E-state index in [4.69, 9.17) is 4.74 Å². The number of aromatic nitrogens is 2. The quantitative estimate of drug-likeness (QED) is 0.935. The Hall–Kier alpha value is -2.64. The summed E-state index contributed by atoms with van der Waals surface area (Å²) < 4.78 is 42.8. The maximum atomic E-state index is 12.4. The Morgan fingerprint density at radius 2 is 1.96 bits per heavy atom. The second kappa shape index (κ2) is 6.46. The van der Waals surface area contributed by atoms with Gasteiger partial charge in [0, 0.05) is 24.9 Å². The molecular formula is C16H14F3N3O2. The molecule has 2 aromatic rings. The van der Waals surface area contributed by atoms with Crippen molar-refractivity contribution in [3.05, 3.63) is 53.6 Å². The van der Waals surface area contributed by atoms with Crippen LogP contribution in [0, 0.1) is 0 Å². The van der Waals surface area contributed by atoms with Gasteiger partial charge < -0.3 is 10.1 Å². The van der Waals surface area contributed by atoms with Crippen molar-refractivity contribution in [3.8, 4) is 5.75 Å². The number of fused-ring (bicyclic) bond motifs is 1. The van der Waals surface area contributed by atoms with E-state index in [1.807, 2.05) is 24.3 Å². The average Bonchev–Trinajstić information content (AvgIpc) is 2.59. The summed E-state index contributed by atoms with van der Waals surface area (Å²) in [5.74, 6) is -0.889. The highest BCUT2D eigenvalue weighted by Gasteiger charge is 2.34. The Bertz CT molecular complexity index is 732. The van der Waals surface area contributed by atoms with Gasteiger partial charge in [0.05, 0.1) is 12.2 Å². The summed E-state index contributed by atoms with van der Waals surface area (Å²) in [5.41, 5.74) is 0.996. The Morgan fingerprint density at radius 3 is 2.67 bits per heavy atom. The highest BCUT2D eigenvalue weighted by molar-refractivity contribution is 5.93. The van der Waals surface area contributed by atoms with Gasteiger partial charge in [0.25, 0.3) is 5.91 Å². The first-order chi connectivity index (χ1) is 11.4. The van der Waals surface area contributed by atoms with Crippen molar-refractivity contribution in [2.24, 2.45) is 0 Å². The normalized spacial score (nSPS) is 16.9. The fourth-order valence-corrected chi connectivity index (χ4v) is 2.54. The second-order valence-electron chi connectivity index (χ2n) is 5.38. The van der Waals surface area contributed by atoms with Gasteiger partial charge in [-0.05, 0) is 18.1 Å². The number of carbonyl (C=O) groups excluding carboxylic acids is 1. The first kappa shape index (κ1) is 16.2. The summed E-state index contributed by atoms with van der Waals surface area (Å²) >= 11 is 0. The van der Waals surface area contributed by atoms with Crippen LogP contribution in [0.4, 0.5) is 13.2 Å². The monoisotopic (exact) mass is 337 g/mol. The van der Waals surface area contributed by atoms with Crippen molar-refractivity contribution >= 4 is 5.91 Å². The van der Waals surface area contributed by atoms with E-state index in [-0.39, 0.29) is 11.5 Å². The van der Waals surface area contributed by atoms with Crippen molar-refractivity contribution in [1.29, 1.82) is 0 Å².